The first-order valence-electron chi connectivity index (χ1n) is 4.56. The average Bonchev–Trinajstić information content (AvgIpc) is 2.56. The Bertz CT molecular complexity index is 301. The number of rotatable bonds is 2. The van der Waals surface area contributed by atoms with Crippen LogP contribution in [0.25, 0.3) is 0 Å². The van der Waals surface area contributed by atoms with Crippen LogP contribution in [0.5, 0.6) is 5.88 Å². The summed E-state index contributed by atoms with van der Waals surface area (Å²) in [6, 6.07) is 3.56. The van der Waals surface area contributed by atoms with E-state index < -0.39 is 0 Å². The van der Waals surface area contributed by atoms with Crippen molar-refractivity contribution in [2.45, 2.75) is 19.1 Å². The van der Waals surface area contributed by atoms with Gasteiger partial charge in [0.05, 0.1) is 24.9 Å². The molecule has 1 aromatic heterocycles. The molecule has 1 aliphatic rings. The van der Waals surface area contributed by atoms with E-state index >= 15 is 0 Å². The van der Waals surface area contributed by atoms with Gasteiger partial charge >= 0.3 is 0 Å². The fourth-order valence-corrected chi connectivity index (χ4v) is 1.28. The molecule has 1 aromatic rings. The number of aromatic nitrogens is 2. The lowest BCUT2D eigenvalue weighted by Gasteiger charge is -2.14. The predicted molar refractivity (Wildman–Crippen MR) is 50.0 cm³/mol. The topological polar surface area (TPSA) is 70.3 Å². The first-order chi connectivity index (χ1) is 6.75. The summed E-state index contributed by atoms with van der Waals surface area (Å²) >= 11 is 0. The van der Waals surface area contributed by atoms with Crippen LogP contribution < -0.4 is 10.5 Å². The third-order valence-electron chi connectivity index (χ3n) is 2.12. The van der Waals surface area contributed by atoms with Crippen LogP contribution in [0.4, 0.5) is 0 Å². The number of nitrogens with two attached hydrogens (primary N) is 1. The molecule has 2 heterocycles. The summed E-state index contributed by atoms with van der Waals surface area (Å²) in [4.78, 5) is 0. The molecular formula is C9H13N3O2. The molecule has 0 bridgehead atoms. The second-order valence-corrected chi connectivity index (χ2v) is 3.37. The maximum atomic E-state index is 5.76. The Labute approximate surface area is 82.2 Å². The van der Waals surface area contributed by atoms with Gasteiger partial charge in [-0.25, -0.2) is 0 Å². The molecule has 0 saturated carbocycles. The van der Waals surface area contributed by atoms with Crippen molar-refractivity contribution in [3.8, 4) is 5.88 Å². The molecule has 0 spiro atoms. The van der Waals surface area contributed by atoms with Gasteiger partial charge in [0.2, 0.25) is 5.88 Å². The molecule has 2 N–H and O–H groups in total. The Morgan fingerprint density at radius 2 is 2.29 bits per heavy atom. The normalized spacial score (nSPS) is 26.4. The largest absolute Gasteiger partial charge is 0.469 e. The molecule has 1 fully saturated rings. The minimum absolute atomic E-state index is 0.0712. The zero-order valence-corrected chi connectivity index (χ0v) is 8.01. The predicted octanol–water partition coefficient (Wildman–Crippen LogP) is -0.110. The highest BCUT2D eigenvalue weighted by Gasteiger charge is 2.26. The maximum Gasteiger partial charge on any atom is 0.233 e. The van der Waals surface area contributed by atoms with Crippen LogP contribution >= 0.6 is 0 Å². The van der Waals surface area contributed by atoms with Crippen molar-refractivity contribution in [2.75, 3.05) is 13.2 Å². The van der Waals surface area contributed by atoms with E-state index in [1.54, 1.807) is 6.07 Å². The third-order valence-corrected chi connectivity index (χ3v) is 2.12. The minimum atomic E-state index is -0.105. The van der Waals surface area contributed by atoms with E-state index in [1.807, 2.05) is 13.0 Å². The molecule has 0 aromatic carbocycles. The van der Waals surface area contributed by atoms with E-state index in [-0.39, 0.29) is 12.1 Å². The quantitative estimate of drug-likeness (QED) is 0.713. The second kappa shape index (κ2) is 3.89. The standard InChI is InChI=1S/C9H13N3O2/c1-6-2-3-9(12-11-6)14-8-5-13-4-7(8)10/h2-3,7-8H,4-5,10H2,1H3. The summed E-state index contributed by atoms with van der Waals surface area (Å²) in [7, 11) is 0. The first kappa shape index (κ1) is 9.36. The molecule has 14 heavy (non-hydrogen) atoms. The lowest BCUT2D eigenvalue weighted by Crippen LogP contribution is -2.37. The maximum absolute atomic E-state index is 5.76. The van der Waals surface area contributed by atoms with Gasteiger partial charge < -0.3 is 15.2 Å². The van der Waals surface area contributed by atoms with Crippen LogP contribution in [0.1, 0.15) is 5.69 Å². The van der Waals surface area contributed by atoms with Crippen LogP contribution in [0.15, 0.2) is 12.1 Å². The van der Waals surface area contributed by atoms with Crippen LogP contribution in [-0.2, 0) is 4.74 Å². The van der Waals surface area contributed by atoms with Gasteiger partial charge in [-0.1, -0.05) is 0 Å². The van der Waals surface area contributed by atoms with Crippen LogP contribution in [-0.4, -0.2) is 35.6 Å². The Hall–Kier alpha value is -1.20. The third kappa shape index (κ3) is 2.00. The van der Waals surface area contributed by atoms with E-state index in [0.29, 0.717) is 19.1 Å². The monoisotopic (exact) mass is 195 g/mol. The van der Waals surface area contributed by atoms with Crippen LogP contribution in [0.3, 0.4) is 0 Å². The molecule has 5 nitrogen and oxygen atoms in total. The summed E-state index contributed by atoms with van der Waals surface area (Å²) in [5.41, 5.74) is 6.62. The number of nitrogens with zero attached hydrogens (tertiary/aromatic N) is 2. The van der Waals surface area contributed by atoms with Crippen molar-refractivity contribution in [2.24, 2.45) is 5.73 Å². The van der Waals surface area contributed by atoms with E-state index in [0.717, 1.165) is 5.69 Å². The van der Waals surface area contributed by atoms with E-state index in [9.17, 15) is 0 Å². The van der Waals surface area contributed by atoms with Gasteiger partial charge in [0.1, 0.15) is 6.10 Å². The van der Waals surface area contributed by atoms with Gasteiger partial charge in [0, 0.05) is 6.07 Å². The molecule has 1 saturated heterocycles. The van der Waals surface area contributed by atoms with Crippen molar-refractivity contribution >= 4 is 0 Å². The number of ether oxygens (including phenoxy) is 2. The fourth-order valence-electron chi connectivity index (χ4n) is 1.28. The summed E-state index contributed by atoms with van der Waals surface area (Å²) in [6.07, 6.45) is -0.105. The summed E-state index contributed by atoms with van der Waals surface area (Å²) in [5, 5.41) is 7.78. The van der Waals surface area contributed by atoms with E-state index in [4.69, 9.17) is 15.2 Å². The Balaban J connectivity index is 2.00. The molecular weight excluding hydrogens is 182 g/mol. The highest BCUT2D eigenvalue weighted by molar-refractivity contribution is 5.11. The Morgan fingerprint density at radius 1 is 1.43 bits per heavy atom. The molecule has 0 amide bonds. The molecule has 1 aliphatic heterocycles. The highest BCUT2D eigenvalue weighted by Crippen LogP contribution is 2.12. The van der Waals surface area contributed by atoms with Crippen molar-refractivity contribution in [1.29, 1.82) is 0 Å². The highest BCUT2D eigenvalue weighted by atomic mass is 16.6. The lowest BCUT2D eigenvalue weighted by molar-refractivity contribution is 0.136. The van der Waals surface area contributed by atoms with Crippen molar-refractivity contribution in [1.82, 2.24) is 10.2 Å². The molecule has 0 radical (unpaired) electrons. The fraction of sp³-hybridized carbons (Fsp3) is 0.556. The Kier molecular flexibility index (Phi) is 2.60. The first-order valence-corrected chi connectivity index (χ1v) is 4.56. The second-order valence-electron chi connectivity index (χ2n) is 3.37. The summed E-state index contributed by atoms with van der Waals surface area (Å²) in [6.45, 7) is 2.95. The number of aryl methyl sites for hydroxylation is 1. The van der Waals surface area contributed by atoms with Crippen LogP contribution in [0, 0.1) is 6.92 Å². The lowest BCUT2D eigenvalue weighted by atomic mass is 10.2. The van der Waals surface area contributed by atoms with Crippen LogP contribution in [0.2, 0.25) is 0 Å². The zero-order valence-electron chi connectivity index (χ0n) is 8.01. The van der Waals surface area contributed by atoms with Gasteiger partial charge in [0.15, 0.2) is 0 Å². The van der Waals surface area contributed by atoms with Gasteiger partial charge in [-0.05, 0) is 13.0 Å². The number of hydrogen-bond donors (Lipinski definition) is 1. The SMILES string of the molecule is Cc1ccc(OC2COCC2N)nn1. The zero-order chi connectivity index (χ0) is 9.97. The van der Waals surface area contributed by atoms with Gasteiger partial charge in [-0.3, -0.25) is 0 Å². The molecule has 2 atom stereocenters. The van der Waals surface area contributed by atoms with E-state index in [2.05, 4.69) is 10.2 Å². The van der Waals surface area contributed by atoms with Gasteiger partial charge in [0.25, 0.3) is 0 Å². The average molecular weight is 195 g/mol. The van der Waals surface area contributed by atoms with Gasteiger partial charge in [-0.15, -0.1) is 5.10 Å². The molecule has 2 rings (SSSR count). The summed E-state index contributed by atoms with van der Waals surface area (Å²) < 4.78 is 10.7. The van der Waals surface area contributed by atoms with Crippen molar-refractivity contribution in [3.63, 3.8) is 0 Å². The molecule has 5 heteroatoms. The molecule has 76 valence electrons. The summed E-state index contributed by atoms with van der Waals surface area (Å²) in [5.74, 6) is 0.501. The minimum Gasteiger partial charge on any atom is -0.469 e. The Morgan fingerprint density at radius 3 is 2.86 bits per heavy atom. The molecule has 2 unspecified atom stereocenters. The van der Waals surface area contributed by atoms with Crippen molar-refractivity contribution in [3.05, 3.63) is 17.8 Å². The van der Waals surface area contributed by atoms with E-state index in [1.165, 1.54) is 0 Å². The number of hydrogen-bond acceptors (Lipinski definition) is 5. The molecule has 0 aliphatic carbocycles. The van der Waals surface area contributed by atoms with Gasteiger partial charge in [-0.2, -0.15) is 5.10 Å². The smallest absolute Gasteiger partial charge is 0.233 e. The van der Waals surface area contributed by atoms with Crippen molar-refractivity contribution < 1.29 is 9.47 Å².